The van der Waals surface area contributed by atoms with Crippen LogP contribution in [0.25, 0.3) is 0 Å². The van der Waals surface area contributed by atoms with Crippen LogP contribution in [-0.2, 0) is 0 Å². The molecule has 2 N–H and O–H groups in total. The van der Waals surface area contributed by atoms with Crippen LogP contribution < -0.4 is 15.4 Å². The molecule has 0 atom stereocenters. The topological polar surface area (TPSA) is 59.1 Å². The highest BCUT2D eigenvalue weighted by molar-refractivity contribution is 6.30. The Bertz CT molecular complexity index is 898. The lowest BCUT2D eigenvalue weighted by atomic mass is 10.2. The van der Waals surface area contributed by atoms with Gasteiger partial charge < -0.3 is 15.4 Å². The summed E-state index contributed by atoms with van der Waals surface area (Å²) in [4.78, 5) is 8.80. The minimum atomic E-state index is 0.0892. The van der Waals surface area contributed by atoms with E-state index in [-0.39, 0.29) is 6.10 Å². The van der Waals surface area contributed by atoms with Crippen LogP contribution in [0.1, 0.15) is 19.4 Å². The summed E-state index contributed by atoms with van der Waals surface area (Å²) in [5.74, 6) is 1.94. The second-order valence-corrected chi connectivity index (χ2v) is 6.57. The van der Waals surface area contributed by atoms with Crippen molar-refractivity contribution in [2.24, 2.45) is 0 Å². The van der Waals surface area contributed by atoms with E-state index < -0.39 is 0 Å². The van der Waals surface area contributed by atoms with Crippen LogP contribution in [0.5, 0.6) is 5.75 Å². The Morgan fingerprint density at radius 1 is 1.00 bits per heavy atom. The largest absolute Gasteiger partial charge is 0.489 e. The van der Waals surface area contributed by atoms with Gasteiger partial charge in [0.25, 0.3) is 0 Å². The number of ether oxygens (including phenoxy) is 1. The first-order valence-corrected chi connectivity index (χ1v) is 8.78. The number of hydrogen-bond acceptors (Lipinski definition) is 5. The maximum Gasteiger partial charge on any atom is 0.229 e. The fraction of sp³-hybridized carbons (Fsp3) is 0.200. The van der Waals surface area contributed by atoms with Gasteiger partial charge >= 0.3 is 0 Å². The van der Waals surface area contributed by atoms with Crippen molar-refractivity contribution in [3.8, 4) is 5.75 Å². The molecule has 0 radical (unpaired) electrons. The van der Waals surface area contributed by atoms with Crippen LogP contribution in [0.15, 0.2) is 54.7 Å². The van der Waals surface area contributed by atoms with E-state index in [2.05, 4.69) is 20.6 Å². The fourth-order valence-corrected chi connectivity index (χ4v) is 2.57. The number of para-hydroxylation sites is 2. The van der Waals surface area contributed by atoms with Crippen molar-refractivity contribution < 1.29 is 4.74 Å². The molecule has 0 aliphatic heterocycles. The molecule has 5 nitrogen and oxygen atoms in total. The third-order valence-corrected chi connectivity index (χ3v) is 3.85. The Kier molecular flexibility index (Phi) is 5.58. The molecule has 0 bridgehead atoms. The van der Waals surface area contributed by atoms with Crippen molar-refractivity contribution in [2.45, 2.75) is 26.9 Å². The molecule has 134 valence electrons. The monoisotopic (exact) mass is 368 g/mol. The average molecular weight is 369 g/mol. The SMILES string of the molecule is Cc1ccc(Cl)cc1Nc1nccc(Nc2ccccc2OC(C)C)n1. The summed E-state index contributed by atoms with van der Waals surface area (Å²) in [6, 6.07) is 15.2. The number of nitrogens with one attached hydrogen (secondary N) is 2. The van der Waals surface area contributed by atoms with Crippen molar-refractivity contribution in [1.29, 1.82) is 0 Å². The van der Waals surface area contributed by atoms with Crippen molar-refractivity contribution in [2.75, 3.05) is 10.6 Å². The van der Waals surface area contributed by atoms with E-state index in [1.54, 1.807) is 6.20 Å². The number of rotatable bonds is 6. The van der Waals surface area contributed by atoms with Gasteiger partial charge in [0.1, 0.15) is 11.6 Å². The van der Waals surface area contributed by atoms with Crippen LogP contribution in [0.3, 0.4) is 0 Å². The van der Waals surface area contributed by atoms with Crippen molar-refractivity contribution in [1.82, 2.24) is 9.97 Å². The predicted molar refractivity (Wildman–Crippen MR) is 107 cm³/mol. The van der Waals surface area contributed by atoms with Crippen LogP contribution in [0.4, 0.5) is 23.1 Å². The fourth-order valence-electron chi connectivity index (χ4n) is 2.40. The molecular formula is C20H21ClN4O. The molecule has 1 aromatic heterocycles. The summed E-state index contributed by atoms with van der Waals surface area (Å²) in [5.41, 5.74) is 2.79. The molecule has 0 fully saturated rings. The first-order valence-electron chi connectivity index (χ1n) is 8.40. The van der Waals surface area contributed by atoms with Gasteiger partial charge in [0.05, 0.1) is 11.8 Å². The predicted octanol–water partition coefficient (Wildman–Crippen LogP) is 5.71. The van der Waals surface area contributed by atoms with Crippen molar-refractivity contribution in [3.05, 3.63) is 65.3 Å². The Balaban J connectivity index is 1.81. The lowest BCUT2D eigenvalue weighted by molar-refractivity contribution is 0.244. The van der Waals surface area contributed by atoms with Gasteiger partial charge in [-0.2, -0.15) is 4.98 Å². The zero-order chi connectivity index (χ0) is 18.5. The molecule has 0 spiro atoms. The zero-order valence-corrected chi connectivity index (χ0v) is 15.7. The van der Waals surface area contributed by atoms with E-state index in [1.165, 1.54) is 0 Å². The minimum Gasteiger partial charge on any atom is -0.489 e. The normalized spacial score (nSPS) is 10.7. The van der Waals surface area contributed by atoms with Gasteiger partial charge in [-0.15, -0.1) is 0 Å². The number of nitrogens with zero attached hydrogens (tertiary/aromatic N) is 2. The van der Waals surface area contributed by atoms with Gasteiger partial charge in [0, 0.05) is 16.9 Å². The molecule has 26 heavy (non-hydrogen) atoms. The lowest BCUT2D eigenvalue weighted by Gasteiger charge is -2.15. The summed E-state index contributed by atoms with van der Waals surface area (Å²) in [7, 11) is 0. The van der Waals surface area contributed by atoms with E-state index in [0.717, 1.165) is 22.7 Å². The molecule has 6 heteroatoms. The molecule has 0 saturated heterocycles. The average Bonchev–Trinajstić information content (AvgIpc) is 2.60. The van der Waals surface area contributed by atoms with Crippen LogP contribution in [0.2, 0.25) is 5.02 Å². The summed E-state index contributed by atoms with van der Waals surface area (Å²) >= 11 is 6.07. The van der Waals surface area contributed by atoms with E-state index in [1.807, 2.05) is 69.3 Å². The molecule has 3 aromatic rings. The number of aryl methyl sites for hydroxylation is 1. The molecule has 0 aliphatic carbocycles. The number of benzene rings is 2. The zero-order valence-electron chi connectivity index (χ0n) is 15.0. The van der Waals surface area contributed by atoms with E-state index in [9.17, 15) is 0 Å². The highest BCUT2D eigenvalue weighted by atomic mass is 35.5. The standard InChI is InChI=1S/C20H21ClN4O/c1-13(2)26-18-7-5-4-6-16(18)23-19-10-11-22-20(25-19)24-17-12-15(21)9-8-14(17)3/h4-13H,1-3H3,(H2,22,23,24,25). The number of halogens is 1. The Labute approximate surface area is 158 Å². The molecule has 0 unspecified atom stereocenters. The van der Waals surface area contributed by atoms with Gasteiger partial charge in [0.15, 0.2) is 0 Å². The Morgan fingerprint density at radius 2 is 1.81 bits per heavy atom. The maximum atomic E-state index is 6.07. The summed E-state index contributed by atoms with van der Waals surface area (Å²) in [6.07, 6.45) is 1.79. The third-order valence-electron chi connectivity index (χ3n) is 3.61. The quantitative estimate of drug-likeness (QED) is 0.583. The number of anilines is 4. The molecule has 0 amide bonds. The van der Waals surface area contributed by atoms with E-state index >= 15 is 0 Å². The summed E-state index contributed by atoms with van der Waals surface area (Å²) < 4.78 is 5.84. The van der Waals surface area contributed by atoms with Crippen molar-refractivity contribution >= 4 is 34.7 Å². The minimum absolute atomic E-state index is 0.0892. The van der Waals surface area contributed by atoms with Gasteiger partial charge in [-0.05, 0) is 56.7 Å². The second kappa shape index (κ2) is 8.06. The Hall–Kier alpha value is -2.79. The summed E-state index contributed by atoms with van der Waals surface area (Å²) in [5, 5.41) is 7.16. The Morgan fingerprint density at radius 3 is 2.62 bits per heavy atom. The van der Waals surface area contributed by atoms with Crippen LogP contribution in [0, 0.1) is 6.92 Å². The highest BCUT2D eigenvalue weighted by Crippen LogP contribution is 2.28. The first kappa shape index (κ1) is 18.0. The van der Waals surface area contributed by atoms with Crippen LogP contribution >= 0.6 is 11.6 Å². The molecule has 0 aliphatic rings. The summed E-state index contributed by atoms with van der Waals surface area (Å²) in [6.45, 7) is 5.99. The van der Waals surface area contributed by atoms with Gasteiger partial charge in [-0.25, -0.2) is 4.98 Å². The van der Waals surface area contributed by atoms with Gasteiger partial charge in [-0.3, -0.25) is 0 Å². The molecule has 0 saturated carbocycles. The van der Waals surface area contributed by atoms with E-state index in [0.29, 0.717) is 16.8 Å². The maximum absolute atomic E-state index is 6.07. The first-order chi connectivity index (χ1) is 12.5. The number of hydrogen-bond donors (Lipinski definition) is 2. The molecule has 2 aromatic carbocycles. The number of aromatic nitrogens is 2. The van der Waals surface area contributed by atoms with Gasteiger partial charge in [-0.1, -0.05) is 29.8 Å². The smallest absolute Gasteiger partial charge is 0.229 e. The van der Waals surface area contributed by atoms with Gasteiger partial charge in [0.2, 0.25) is 5.95 Å². The highest BCUT2D eigenvalue weighted by Gasteiger charge is 2.08. The molecule has 3 rings (SSSR count). The van der Waals surface area contributed by atoms with E-state index in [4.69, 9.17) is 16.3 Å². The van der Waals surface area contributed by atoms with Crippen molar-refractivity contribution in [3.63, 3.8) is 0 Å². The second-order valence-electron chi connectivity index (χ2n) is 6.14. The van der Waals surface area contributed by atoms with Crippen LogP contribution in [-0.4, -0.2) is 16.1 Å². The molecule has 1 heterocycles. The lowest BCUT2D eigenvalue weighted by Crippen LogP contribution is -2.08. The third kappa shape index (κ3) is 4.64. The molecular weight excluding hydrogens is 348 g/mol.